The maximum Gasteiger partial charge on any atom is 0.317 e. The number of anilines is 3. The van der Waals surface area contributed by atoms with E-state index in [2.05, 4.69) is 30.5 Å². The van der Waals surface area contributed by atoms with E-state index >= 15 is 0 Å². The third kappa shape index (κ3) is 8.97. The quantitative estimate of drug-likeness (QED) is 0.210. The summed E-state index contributed by atoms with van der Waals surface area (Å²) in [6.07, 6.45) is 6.07. The molecule has 0 aliphatic carbocycles. The number of nitrogens with zero attached hydrogens (tertiary/aromatic N) is 5. The van der Waals surface area contributed by atoms with E-state index < -0.39 is 11.9 Å². The number of piperazine rings is 1. The molecule has 4 rings (SSSR count). The van der Waals surface area contributed by atoms with Crippen molar-refractivity contribution < 1.29 is 14.7 Å². The molecule has 12 heteroatoms. The van der Waals surface area contributed by atoms with E-state index in [1.165, 1.54) is 0 Å². The predicted octanol–water partition coefficient (Wildman–Crippen LogP) is 2.37. The van der Waals surface area contributed by atoms with Gasteiger partial charge < -0.3 is 27.2 Å². The van der Waals surface area contributed by atoms with Crippen molar-refractivity contribution in [1.29, 1.82) is 0 Å². The Bertz CT molecular complexity index is 1250. The summed E-state index contributed by atoms with van der Waals surface area (Å²) < 4.78 is 0. The van der Waals surface area contributed by atoms with Crippen molar-refractivity contribution in [2.24, 2.45) is 11.5 Å². The summed E-state index contributed by atoms with van der Waals surface area (Å²) in [4.78, 5) is 40.3. The largest absolute Gasteiger partial charge is 0.480 e. The summed E-state index contributed by atoms with van der Waals surface area (Å²) in [5.41, 5.74) is 15.0. The van der Waals surface area contributed by atoms with E-state index in [4.69, 9.17) is 16.6 Å². The number of nitrogens with two attached hydrogens (primary N) is 2. The number of hydrogen-bond donors (Lipinski definition) is 5. The monoisotopic (exact) mass is 549 g/mol. The molecule has 1 aliphatic rings. The third-order valence-corrected chi connectivity index (χ3v) is 6.27. The van der Waals surface area contributed by atoms with Crippen molar-refractivity contribution in [3.05, 3.63) is 60.0 Å². The van der Waals surface area contributed by atoms with Crippen LogP contribution >= 0.6 is 0 Å². The highest BCUT2D eigenvalue weighted by Crippen LogP contribution is 2.25. The van der Waals surface area contributed by atoms with E-state index in [9.17, 15) is 9.59 Å². The molecule has 0 bridgehead atoms. The van der Waals surface area contributed by atoms with Gasteiger partial charge in [0.05, 0.1) is 6.54 Å². The lowest BCUT2D eigenvalue weighted by molar-refractivity contribution is -0.138. The van der Waals surface area contributed by atoms with Crippen LogP contribution in [0.5, 0.6) is 0 Å². The summed E-state index contributed by atoms with van der Waals surface area (Å²) in [6.45, 7) is 8.61. The van der Waals surface area contributed by atoms with Gasteiger partial charge in [0, 0.05) is 74.7 Å². The Balaban J connectivity index is 0.00000216. The zero-order valence-electron chi connectivity index (χ0n) is 23.1. The van der Waals surface area contributed by atoms with E-state index in [1.807, 2.05) is 36.9 Å². The fourth-order valence-electron chi connectivity index (χ4n) is 4.28. The Morgan fingerprint density at radius 3 is 2.33 bits per heavy atom. The molecule has 1 saturated heterocycles. The number of carboxylic acid groups (broad SMARTS) is 1. The number of amides is 1. The highest BCUT2D eigenvalue weighted by atomic mass is 16.4. The van der Waals surface area contributed by atoms with Gasteiger partial charge in [0.25, 0.3) is 0 Å². The molecule has 7 N–H and O–H groups in total. The van der Waals surface area contributed by atoms with Gasteiger partial charge in [0.15, 0.2) is 0 Å². The summed E-state index contributed by atoms with van der Waals surface area (Å²) in [6, 6.07) is 9.21. The minimum Gasteiger partial charge on any atom is -0.480 e. The van der Waals surface area contributed by atoms with Crippen LogP contribution in [-0.4, -0.2) is 87.5 Å². The number of carboxylic acids is 1. The number of rotatable bonds is 12. The van der Waals surface area contributed by atoms with E-state index in [0.717, 1.165) is 35.3 Å². The number of aromatic nitrogens is 3. The maximum atomic E-state index is 12.1. The minimum absolute atomic E-state index is 0.0355. The highest BCUT2D eigenvalue weighted by molar-refractivity contribution is 5.95. The number of hydrogen-bond acceptors (Lipinski definition) is 10. The van der Waals surface area contributed by atoms with Gasteiger partial charge in [-0.15, -0.1) is 0 Å². The number of benzene rings is 1. The average molecular weight is 550 g/mol. The number of primary amides is 1. The number of pyridine rings is 1. The standard InChI is InChI=1S/C26H33N9O3.C2H6/c27-5-1-6-30-26-31-14-20(15-32-26)18-4-7-29-23(13-18)33-21-2-3-22(25(28)38)19(12-21)16-34-8-10-35(11-9-34)17-24(36)37;1-2/h2-4,7,12-15H,1,5-6,8-11,16-17,27H2,(H2,28,38)(H,29,33)(H,36,37)(H,30,31,32);1-2H3. The van der Waals surface area contributed by atoms with Crippen LogP contribution in [0.2, 0.25) is 0 Å². The average Bonchev–Trinajstić information content (AvgIpc) is 2.96. The Labute approximate surface area is 234 Å². The molecular weight excluding hydrogens is 510 g/mol. The van der Waals surface area contributed by atoms with Gasteiger partial charge in [0.2, 0.25) is 11.9 Å². The Morgan fingerprint density at radius 1 is 0.975 bits per heavy atom. The zero-order valence-corrected chi connectivity index (χ0v) is 23.1. The summed E-state index contributed by atoms with van der Waals surface area (Å²) in [7, 11) is 0. The van der Waals surface area contributed by atoms with Crippen LogP contribution in [-0.2, 0) is 11.3 Å². The topological polar surface area (TPSA) is 176 Å². The minimum atomic E-state index is -0.828. The van der Waals surface area contributed by atoms with Crippen molar-refractivity contribution in [1.82, 2.24) is 24.8 Å². The Hall–Kier alpha value is -4.13. The van der Waals surface area contributed by atoms with Gasteiger partial charge in [-0.25, -0.2) is 15.0 Å². The fraction of sp³-hybridized carbons (Fsp3) is 0.393. The Morgan fingerprint density at radius 2 is 1.68 bits per heavy atom. The van der Waals surface area contributed by atoms with Gasteiger partial charge in [0.1, 0.15) is 5.82 Å². The molecule has 3 aromatic rings. The third-order valence-electron chi connectivity index (χ3n) is 6.27. The van der Waals surface area contributed by atoms with Crippen molar-refractivity contribution in [2.75, 3.05) is 56.4 Å². The van der Waals surface area contributed by atoms with E-state index in [-0.39, 0.29) is 6.54 Å². The highest BCUT2D eigenvalue weighted by Gasteiger charge is 2.20. The molecule has 214 valence electrons. The van der Waals surface area contributed by atoms with Crippen LogP contribution in [0.1, 0.15) is 36.2 Å². The van der Waals surface area contributed by atoms with Crippen molar-refractivity contribution >= 4 is 29.3 Å². The zero-order chi connectivity index (χ0) is 28.9. The van der Waals surface area contributed by atoms with Crippen molar-refractivity contribution in [3.8, 4) is 11.1 Å². The second-order valence-corrected chi connectivity index (χ2v) is 9.10. The summed E-state index contributed by atoms with van der Waals surface area (Å²) in [5, 5.41) is 15.5. The predicted molar refractivity (Wildman–Crippen MR) is 156 cm³/mol. The lowest BCUT2D eigenvalue weighted by atomic mass is 10.0. The first-order valence-corrected chi connectivity index (χ1v) is 13.5. The van der Waals surface area contributed by atoms with Gasteiger partial charge in [-0.2, -0.15) is 0 Å². The number of carbonyl (C=O) groups is 2. The van der Waals surface area contributed by atoms with Crippen LogP contribution in [0.4, 0.5) is 17.5 Å². The van der Waals surface area contributed by atoms with Crippen LogP contribution < -0.4 is 22.1 Å². The Kier molecular flexibility index (Phi) is 11.8. The second-order valence-electron chi connectivity index (χ2n) is 9.10. The lowest BCUT2D eigenvalue weighted by Crippen LogP contribution is -2.47. The first-order chi connectivity index (χ1) is 19.4. The molecule has 12 nitrogen and oxygen atoms in total. The first-order valence-electron chi connectivity index (χ1n) is 13.5. The van der Waals surface area contributed by atoms with Gasteiger partial charge in [-0.3, -0.25) is 19.4 Å². The molecule has 1 aromatic carbocycles. The number of carbonyl (C=O) groups excluding carboxylic acids is 1. The van der Waals surface area contributed by atoms with Crippen LogP contribution in [0.3, 0.4) is 0 Å². The van der Waals surface area contributed by atoms with Gasteiger partial charge in [-0.05, 0) is 54.4 Å². The molecule has 0 radical (unpaired) electrons. The number of aliphatic carboxylic acids is 1. The van der Waals surface area contributed by atoms with E-state index in [1.54, 1.807) is 30.7 Å². The van der Waals surface area contributed by atoms with Crippen molar-refractivity contribution in [3.63, 3.8) is 0 Å². The van der Waals surface area contributed by atoms with Crippen molar-refractivity contribution in [2.45, 2.75) is 26.8 Å². The van der Waals surface area contributed by atoms with E-state index in [0.29, 0.717) is 56.6 Å². The van der Waals surface area contributed by atoms with Crippen LogP contribution in [0.15, 0.2) is 48.9 Å². The summed E-state index contributed by atoms with van der Waals surface area (Å²) >= 11 is 0. The molecule has 1 amide bonds. The molecule has 1 fully saturated rings. The molecule has 40 heavy (non-hydrogen) atoms. The van der Waals surface area contributed by atoms with Crippen LogP contribution in [0.25, 0.3) is 11.1 Å². The molecule has 1 aliphatic heterocycles. The fourth-order valence-corrected chi connectivity index (χ4v) is 4.28. The van der Waals surface area contributed by atoms with Crippen LogP contribution in [0, 0.1) is 0 Å². The second kappa shape index (κ2) is 15.5. The van der Waals surface area contributed by atoms with Gasteiger partial charge in [-0.1, -0.05) is 13.8 Å². The molecule has 2 aromatic heterocycles. The lowest BCUT2D eigenvalue weighted by Gasteiger charge is -2.34. The summed E-state index contributed by atoms with van der Waals surface area (Å²) in [5.74, 6) is -0.129. The van der Waals surface area contributed by atoms with Gasteiger partial charge >= 0.3 is 5.97 Å². The molecular formula is C28H39N9O3. The molecule has 0 saturated carbocycles. The molecule has 0 spiro atoms. The SMILES string of the molecule is CC.NCCCNc1ncc(-c2ccnc(Nc3ccc(C(N)=O)c(CN4CCN(CC(=O)O)CC4)c3)c2)cn1. The molecule has 0 atom stereocenters. The normalized spacial score (nSPS) is 13.7. The molecule has 3 heterocycles. The first kappa shape index (κ1) is 30.4. The smallest absolute Gasteiger partial charge is 0.317 e. The maximum absolute atomic E-state index is 12.1. The molecule has 0 unspecified atom stereocenters. The number of nitrogens with one attached hydrogen (secondary N) is 2.